The number of aryl methyl sites for hydroxylation is 1. The summed E-state index contributed by atoms with van der Waals surface area (Å²) >= 11 is 0. The number of carbonyl (C=O) groups is 1. The van der Waals surface area contributed by atoms with E-state index in [-0.39, 0.29) is 6.03 Å². The van der Waals surface area contributed by atoms with Gasteiger partial charge in [-0.15, -0.1) is 0 Å². The number of amidine groups is 1. The van der Waals surface area contributed by atoms with Crippen LogP contribution in [-0.4, -0.2) is 42.1 Å². The summed E-state index contributed by atoms with van der Waals surface area (Å²) in [4.78, 5) is 20.5. The average Bonchev–Trinajstić information content (AvgIpc) is 3.18. The Morgan fingerprint density at radius 2 is 2.26 bits per heavy atom. The van der Waals surface area contributed by atoms with Crippen LogP contribution in [0.4, 0.5) is 10.7 Å². The van der Waals surface area contributed by atoms with Crippen molar-refractivity contribution in [3.8, 4) is 5.75 Å². The number of nitrogens with zero attached hydrogens (tertiary/aromatic N) is 4. The summed E-state index contributed by atoms with van der Waals surface area (Å²) in [5.74, 6) is 1.89. The fraction of sp³-hybridized carbons (Fsp3) is 0.312. The lowest BCUT2D eigenvalue weighted by Crippen LogP contribution is -2.49. The zero-order chi connectivity index (χ0) is 16.0. The normalized spacial score (nSPS) is 16.3. The molecule has 0 unspecified atom stereocenters. The van der Waals surface area contributed by atoms with Crippen molar-refractivity contribution in [2.45, 2.75) is 13.5 Å². The number of methoxy groups -OCH3 is 1. The SMILES string of the molecule is COc1cccc(CN2C(=O)N3CCN=C3c3c(C)noc32)c1. The molecule has 0 atom stereocenters. The Bertz CT molecular complexity index is 811. The molecule has 0 saturated heterocycles. The summed E-state index contributed by atoms with van der Waals surface area (Å²) in [6.45, 7) is 3.45. The van der Waals surface area contributed by atoms with Gasteiger partial charge in [0.25, 0.3) is 0 Å². The van der Waals surface area contributed by atoms with Crippen molar-refractivity contribution in [1.82, 2.24) is 10.1 Å². The van der Waals surface area contributed by atoms with Crippen molar-refractivity contribution in [1.29, 1.82) is 0 Å². The first-order chi connectivity index (χ1) is 11.2. The minimum Gasteiger partial charge on any atom is -0.497 e. The topological polar surface area (TPSA) is 71.2 Å². The second kappa shape index (κ2) is 5.12. The number of urea groups is 1. The maximum Gasteiger partial charge on any atom is 0.332 e. The summed E-state index contributed by atoms with van der Waals surface area (Å²) in [5, 5.41) is 4.02. The van der Waals surface area contributed by atoms with Gasteiger partial charge in [-0.2, -0.15) is 0 Å². The molecule has 0 fully saturated rings. The van der Waals surface area contributed by atoms with Gasteiger partial charge in [0, 0.05) is 6.54 Å². The molecule has 0 radical (unpaired) electrons. The zero-order valence-electron chi connectivity index (χ0n) is 12.9. The molecule has 2 aliphatic heterocycles. The molecule has 118 valence electrons. The molecular weight excluding hydrogens is 296 g/mol. The summed E-state index contributed by atoms with van der Waals surface area (Å²) in [7, 11) is 1.62. The van der Waals surface area contributed by atoms with Crippen molar-refractivity contribution >= 4 is 17.8 Å². The Morgan fingerprint density at radius 1 is 1.39 bits per heavy atom. The van der Waals surface area contributed by atoms with Crippen LogP contribution in [0.25, 0.3) is 0 Å². The third-order valence-corrected chi connectivity index (χ3v) is 4.09. The van der Waals surface area contributed by atoms with Crippen LogP contribution in [0, 0.1) is 6.92 Å². The summed E-state index contributed by atoms with van der Waals surface area (Å²) in [6, 6.07) is 7.50. The fourth-order valence-corrected chi connectivity index (χ4v) is 2.97. The van der Waals surface area contributed by atoms with Crippen LogP contribution in [-0.2, 0) is 6.54 Å². The highest BCUT2D eigenvalue weighted by atomic mass is 16.5. The van der Waals surface area contributed by atoms with Crippen molar-refractivity contribution in [3.05, 3.63) is 41.1 Å². The smallest absolute Gasteiger partial charge is 0.332 e. The summed E-state index contributed by atoms with van der Waals surface area (Å²) in [6.07, 6.45) is 0. The molecule has 23 heavy (non-hydrogen) atoms. The average molecular weight is 312 g/mol. The largest absolute Gasteiger partial charge is 0.497 e. The highest BCUT2D eigenvalue weighted by Crippen LogP contribution is 2.34. The predicted molar refractivity (Wildman–Crippen MR) is 83.9 cm³/mol. The van der Waals surface area contributed by atoms with E-state index < -0.39 is 0 Å². The van der Waals surface area contributed by atoms with Crippen LogP contribution in [0.3, 0.4) is 0 Å². The third kappa shape index (κ3) is 2.08. The third-order valence-electron chi connectivity index (χ3n) is 4.09. The molecule has 2 aromatic rings. The van der Waals surface area contributed by atoms with E-state index in [1.165, 1.54) is 0 Å². The predicted octanol–water partition coefficient (Wildman–Crippen LogP) is 2.19. The van der Waals surface area contributed by atoms with Gasteiger partial charge in [-0.3, -0.25) is 14.8 Å². The van der Waals surface area contributed by atoms with Crippen LogP contribution in [0.5, 0.6) is 5.75 Å². The summed E-state index contributed by atoms with van der Waals surface area (Å²) in [5.41, 5.74) is 2.51. The van der Waals surface area contributed by atoms with Crippen LogP contribution >= 0.6 is 0 Å². The minimum absolute atomic E-state index is 0.132. The summed E-state index contributed by atoms with van der Waals surface area (Å²) < 4.78 is 10.7. The molecule has 3 heterocycles. The van der Waals surface area contributed by atoms with Crippen molar-refractivity contribution in [2.75, 3.05) is 25.1 Å². The van der Waals surface area contributed by atoms with Gasteiger partial charge < -0.3 is 9.26 Å². The molecule has 1 aromatic carbocycles. The number of carbonyl (C=O) groups excluding carboxylic acids is 1. The fourth-order valence-electron chi connectivity index (χ4n) is 2.97. The molecule has 0 aliphatic carbocycles. The molecule has 2 aliphatic rings. The molecule has 0 spiro atoms. The van der Waals surface area contributed by atoms with E-state index in [0.29, 0.717) is 31.4 Å². The maximum atomic E-state index is 12.8. The number of hydrogen-bond donors (Lipinski definition) is 0. The molecule has 7 nitrogen and oxygen atoms in total. The first kappa shape index (κ1) is 13.8. The van der Waals surface area contributed by atoms with Gasteiger partial charge in [-0.05, 0) is 24.6 Å². The Hall–Kier alpha value is -2.83. The van der Waals surface area contributed by atoms with Gasteiger partial charge >= 0.3 is 6.03 Å². The quantitative estimate of drug-likeness (QED) is 0.871. The molecule has 7 heteroatoms. The van der Waals surface area contributed by atoms with Gasteiger partial charge in [0.1, 0.15) is 17.1 Å². The van der Waals surface area contributed by atoms with Gasteiger partial charge in [0.15, 0.2) is 0 Å². The molecule has 1 aromatic heterocycles. The Labute approximate surface area is 133 Å². The van der Waals surface area contributed by atoms with Gasteiger partial charge in [0.05, 0.1) is 25.9 Å². The number of aliphatic imine (C=N–C) groups is 1. The lowest BCUT2D eigenvalue weighted by atomic mass is 10.1. The minimum atomic E-state index is -0.132. The lowest BCUT2D eigenvalue weighted by molar-refractivity contribution is 0.226. The highest BCUT2D eigenvalue weighted by Gasteiger charge is 2.41. The number of aromatic nitrogens is 1. The van der Waals surface area contributed by atoms with E-state index in [4.69, 9.17) is 9.26 Å². The van der Waals surface area contributed by atoms with Crippen molar-refractivity contribution in [2.24, 2.45) is 4.99 Å². The lowest BCUT2D eigenvalue weighted by Gasteiger charge is -2.31. The standard InChI is InChI=1S/C16H16N4O3/c1-10-13-14-17-6-7-19(14)16(21)20(15(13)23-18-10)9-11-4-3-5-12(8-11)22-2/h3-5,8H,6-7,9H2,1-2H3. The van der Waals surface area contributed by atoms with E-state index >= 15 is 0 Å². The number of amides is 2. The second-order valence-electron chi connectivity index (χ2n) is 5.53. The molecule has 0 N–H and O–H groups in total. The van der Waals surface area contributed by atoms with Crippen LogP contribution in [0.1, 0.15) is 16.8 Å². The van der Waals surface area contributed by atoms with E-state index in [2.05, 4.69) is 10.1 Å². The van der Waals surface area contributed by atoms with Crippen molar-refractivity contribution < 1.29 is 14.1 Å². The van der Waals surface area contributed by atoms with Gasteiger partial charge in [-0.1, -0.05) is 17.3 Å². The number of fused-ring (bicyclic) bond motifs is 3. The molecule has 0 bridgehead atoms. The number of benzene rings is 1. The van der Waals surface area contributed by atoms with Crippen LogP contribution < -0.4 is 9.64 Å². The van der Waals surface area contributed by atoms with Gasteiger partial charge in [-0.25, -0.2) is 4.79 Å². The van der Waals surface area contributed by atoms with E-state index in [9.17, 15) is 4.79 Å². The Balaban J connectivity index is 1.75. The highest BCUT2D eigenvalue weighted by molar-refractivity contribution is 6.19. The van der Waals surface area contributed by atoms with E-state index in [1.54, 1.807) is 16.9 Å². The number of anilines is 1. The maximum absolute atomic E-state index is 12.8. The van der Waals surface area contributed by atoms with E-state index in [1.807, 2.05) is 31.2 Å². The first-order valence-electron chi connectivity index (χ1n) is 7.42. The number of hydrogen-bond acceptors (Lipinski definition) is 5. The van der Waals surface area contributed by atoms with Gasteiger partial charge in [0.2, 0.25) is 5.88 Å². The Morgan fingerprint density at radius 3 is 3.09 bits per heavy atom. The van der Waals surface area contributed by atoms with Crippen molar-refractivity contribution in [3.63, 3.8) is 0 Å². The molecule has 2 amide bonds. The van der Waals surface area contributed by atoms with E-state index in [0.717, 1.165) is 22.6 Å². The first-order valence-corrected chi connectivity index (χ1v) is 7.42. The zero-order valence-corrected chi connectivity index (χ0v) is 12.9. The number of rotatable bonds is 3. The monoisotopic (exact) mass is 312 g/mol. The van der Waals surface area contributed by atoms with Crippen LogP contribution in [0.2, 0.25) is 0 Å². The number of ether oxygens (including phenoxy) is 1. The Kier molecular flexibility index (Phi) is 3.07. The second-order valence-corrected chi connectivity index (χ2v) is 5.53. The molecule has 4 rings (SSSR count). The van der Waals surface area contributed by atoms with Crippen LogP contribution in [0.15, 0.2) is 33.8 Å². The molecule has 0 saturated carbocycles. The molecular formula is C16H16N4O3.